The van der Waals surface area contributed by atoms with E-state index in [-0.39, 0.29) is 0 Å². The van der Waals surface area contributed by atoms with Crippen LogP contribution in [0.5, 0.6) is 0 Å². The lowest BCUT2D eigenvalue weighted by molar-refractivity contribution is 0.366. The lowest BCUT2D eigenvalue weighted by Gasteiger charge is -2.31. The SMILES string of the molecule is CC/C(C)=N/C1C/C(=C\N(C)C)[C@H]2CC2C1NC. The molecule has 4 atom stereocenters. The van der Waals surface area contributed by atoms with E-state index >= 15 is 0 Å². The Morgan fingerprint density at radius 1 is 1.50 bits per heavy atom. The molecule has 3 unspecified atom stereocenters. The van der Waals surface area contributed by atoms with Gasteiger partial charge in [-0.2, -0.15) is 0 Å². The minimum atomic E-state index is 0.435. The summed E-state index contributed by atoms with van der Waals surface area (Å²) in [4.78, 5) is 7.11. The van der Waals surface area contributed by atoms with Gasteiger partial charge in [0.15, 0.2) is 0 Å². The normalized spacial score (nSPS) is 37.6. The molecule has 0 spiro atoms. The molecule has 0 aromatic carbocycles. The fourth-order valence-corrected chi connectivity index (χ4v) is 3.23. The number of hydrogen-bond donors (Lipinski definition) is 1. The molecular formula is C15H27N3. The molecule has 18 heavy (non-hydrogen) atoms. The summed E-state index contributed by atoms with van der Waals surface area (Å²) in [6, 6.07) is 1.01. The first-order chi connectivity index (χ1) is 8.56. The van der Waals surface area contributed by atoms with Gasteiger partial charge in [-0.1, -0.05) is 6.92 Å². The van der Waals surface area contributed by atoms with Crippen molar-refractivity contribution in [2.75, 3.05) is 21.1 Å². The van der Waals surface area contributed by atoms with Gasteiger partial charge >= 0.3 is 0 Å². The van der Waals surface area contributed by atoms with Crippen molar-refractivity contribution in [2.45, 2.75) is 45.2 Å². The molecule has 102 valence electrons. The van der Waals surface area contributed by atoms with E-state index in [1.165, 1.54) is 12.1 Å². The molecule has 2 aliphatic rings. The fraction of sp³-hybridized carbons (Fsp3) is 0.800. The zero-order valence-corrected chi connectivity index (χ0v) is 12.4. The molecule has 0 amide bonds. The maximum absolute atomic E-state index is 4.94. The van der Waals surface area contributed by atoms with Crippen LogP contribution >= 0.6 is 0 Å². The molecule has 0 aliphatic heterocycles. The second-order valence-corrected chi connectivity index (χ2v) is 5.98. The summed E-state index contributed by atoms with van der Waals surface area (Å²) in [5.41, 5.74) is 2.89. The molecule has 2 saturated carbocycles. The Labute approximate surface area is 111 Å². The van der Waals surface area contributed by atoms with Gasteiger partial charge in [-0.05, 0) is 56.8 Å². The fourth-order valence-electron chi connectivity index (χ4n) is 3.23. The molecular weight excluding hydrogens is 222 g/mol. The van der Waals surface area contributed by atoms with Crippen molar-refractivity contribution >= 4 is 5.71 Å². The Morgan fingerprint density at radius 3 is 2.78 bits per heavy atom. The number of fused-ring (bicyclic) bond motifs is 1. The average Bonchev–Trinajstić information content (AvgIpc) is 3.08. The van der Waals surface area contributed by atoms with E-state index in [9.17, 15) is 0 Å². The van der Waals surface area contributed by atoms with Gasteiger partial charge in [-0.25, -0.2) is 0 Å². The molecule has 2 aliphatic carbocycles. The Balaban J connectivity index is 2.16. The predicted molar refractivity (Wildman–Crippen MR) is 78.0 cm³/mol. The molecule has 2 rings (SSSR count). The summed E-state index contributed by atoms with van der Waals surface area (Å²) in [7, 11) is 6.32. The van der Waals surface area contributed by atoms with Crippen LogP contribution in [-0.4, -0.2) is 43.8 Å². The van der Waals surface area contributed by atoms with Crippen molar-refractivity contribution in [2.24, 2.45) is 16.8 Å². The van der Waals surface area contributed by atoms with Crippen LogP contribution < -0.4 is 5.32 Å². The lowest BCUT2D eigenvalue weighted by atomic mass is 9.87. The van der Waals surface area contributed by atoms with Gasteiger partial charge in [0, 0.05) is 25.8 Å². The van der Waals surface area contributed by atoms with E-state index in [0.29, 0.717) is 12.1 Å². The van der Waals surface area contributed by atoms with E-state index < -0.39 is 0 Å². The van der Waals surface area contributed by atoms with E-state index in [2.05, 4.69) is 51.4 Å². The van der Waals surface area contributed by atoms with Crippen LogP contribution in [0.2, 0.25) is 0 Å². The summed E-state index contributed by atoms with van der Waals surface area (Å²) in [5, 5.41) is 3.50. The quantitative estimate of drug-likeness (QED) is 0.774. The van der Waals surface area contributed by atoms with Crippen molar-refractivity contribution in [3.63, 3.8) is 0 Å². The van der Waals surface area contributed by atoms with Gasteiger partial charge < -0.3 is 10.2 Å². The number of aliphatic imine (C=N–C) groups is 1. The Hall–Kier alpha value is -0.830. The summed E-state index contributed by atoms with van der Waals surface area (Å²) in [6.07, 6.45) is 5.86. The van der Waals surface area contributed by atoms with Crippen LogP contribution in [0, 0.1) is 11.8 Å². The first-order valence-corrected chi connectivity index (χ1v) is 7.14. The third-order valence-electron chi connectivity index (χ3n) is 4.29. The first kappa shape index (κ1) is 13.6. The molecule has 3 nitrogen and oxygen atoms in total. The van der Waals surface area contributed by atoms with E-state index in [1.807, 2.05) is 0 Å². The number of nitrogens with zero attached hydrogens (tertiary/aromatic N) is 2. The molecule has 0 aromatic heterocycles. The minimum Gasteiger partial charge on any atom is -0.384 e. The number of nitrogens with one attached hydrogen (secondary N) is 1. The van der Waals surface area contributed by atoms with Gasteiger partial charge in [-0.3, -0.25) is 4.99 Å². The monoisotopic (exact) mass is 249 g/mol. The van der Waals surface area contributed by atoms with Crippen LogP contribution in [0.15, 0.2) is 16.8 Å². The highest BCUT2D eigenvalue weighted by Crippen LogP contribution is 2.53. The largest absolute Gasteiger partial charge is 0.384 e. The zero-order valence-electron chi connectivity index (χ0n) is 12.4. The number of rotatable bonds is 4. The molecule has 0 saturated heterocycles. The predicted octanol–water partition coefficient (Wildman–Crippen LogP) is 2.30. The van der Waals surface area contributed by atoms with Gasteiger partial charge in [0.25, 0.3) is 0 Å². The molecule has 0 aromatic rings. The van der Waals surface area contributed by atoms with Gasteiger partial charge in [-0.15, -0.1) is 0 Å². The van der Waals surface area contributed by atoms with Gasteiger partial charge in [0.05, 0.1) is 6.04 Å². The summed E-state index contributed by atoms with van der Waals surface area (Å²) in [5.74, 6) is 1.63. The van der Waals surface area contributed by atoms with Crippen molar-refractivity contribution in [3.8, 4) is 0 Å². The summed E-state index contributed by atoms with van der Waals surface area (Å²) < 4.78 is 0. The molecule has 1 N–H and O–H groups in total. The highest BCUT2D eigenvalue weighted by Gasteiger charge is 2.51. The number of likely N-dealkylation sites (N-methyl/N-ethyl adjacent to an activating group) is 1. The highest BCUT2D eigenvalue weighted by atomic mass is 15.0. The molecule has 3 heteroatoms. The molecule has 0 heterocycles. The Kier molecular flexibility index (Phi) is 4.10. The van der Waals surface area contributed by atoms with Crippen LogP contribution in [-0.2, 0) is 0 Å². The van der Waals surface area contributed by atoms with Crippen LogP contribution in [0.25, 0.3) is 0 Å². The minimum absolute atomic E-state index is 0.435. The number of hydrogen-bond acceptors (Lipinski definition) is 3. The average molecular weight is 249 g/mol. The Bertz CT molecular complexity index is 357. The maximum atomic E-state index is 4.94. The van der Waals surface area contributed by atoms with Crippen molar-refractivity contribution in [3.05, 3.63) is 11.8 Å². The van der Waals surface area contributed by atoms with Crippen molar-refractivity contribution < 1.29 is 0 Å². The highest BCUT2D eigenvalue weighted by molar-refractivity contribution is 5.81. The van der Waals surface area contributed by atoms with E-state index in [4.69, 9.17) is 4.99 Å². The standard InChI is InChI=1S/C15H27N3/c1-6-10(2)17-14-7-11(9-18(4)5)12-8-13(12)15(14)16-3/h9,12-16H,6-8H2,1-5H3/b11-9+,17-10+/t12-,13?,14?,15?/m1/s1. The van der Waals surface area contributed by atoms with Gasteiger partial charge in [0.2, 0.25) is 0 Å². The summed E-state index contributed by atoms with van der Waals surface area (Å²) >= 11 is 0. The molecule has 2 fully saturated rings. The topological polar surface area (TPSA) is 27.6 Å². The lowest BCUT2D eigenvalue weighted by Crippen LogP contribution is -2.42. The zero-order chi connectivity index (χ0) is 13.3. The molecule has 0 radical (unpaired) electrons. The van der Waals surface area contributed by atoms with E-state index in [0.717, 1.165) is 24.7 Å². The summed E-state index contributed by atoms with van der Waals surface area (Å²) in [6.45, 7) is 4.34. The van der Waals surface area contributed by atoms with Crippen molar-refractivity contribution in [1.29, 1.82) is 0 Å². The van der Waals surface area contributed by atoms with Crippen LogP contribution in [0.1, 0.15) is 33.1 Å². The maximum Gasteiger partial charge on any atom is 0.0692 e. The van der Waals surface area contributed by atoms with Crippen LogP contribution in [0.3, 0.4) is 0 Å². The second-order valence-electron chi connectivity index (χ2n) is 5.98. The van der Waals surface area contributed by atoms with Gasteiger partial charge in [0.1, 0.15) is 0 Å². The molecule has 0 bridgehead atoms. The smallest absolute Gasteiger partial charge is 0.0692 e. The first-order valence-electron chi connectivity index (χ1n) is 7.14. The second kappa shape index (κ2) is 5.43. The van der Waals surface area contributed by atoms with Crippen LogP contribution in [0.4, 0.5) is 0 Å². The third kappa shape index (κ3) is 2.77. The van der Waals surface area contributed by atoms with E-state index in [1.54, 1.807) is 5.57 Å². The Morgan fingerprint density at radius 2 is 2.22 bits per heavy atom. The third-order valence-corrected chi connectivity index (χ3v) is 4.29. The van der Waals surface area contributed by atoms with Crippen molar-refractivity contribution in [1.82, 2.24) is 10.2 Å².